The Balaban J connectivity index is 3.90. The summed E-state index contributed by atoms with van der Waals surface area (Å²) in [5, 5.41) is 7.66. The Kier molecular flexibility index (Phi) is 3.43. The van der Waals surface area contributed by atoms with Crippen LogP contribution >= 0.6 is 0 Å². The lowest BCUT2D eigenvalue weighted by atomic mass is 10.1. The normalized spacial score (nSPS) is 13.5. The topological polar surface area (TPSA) is 84.2 Å². The van der Waals surface area contributed by atoms with Crippen LogP contribution in [0.3, 0.4) is 0 Å². The van der Waals surface area contributed by atoms with Gasteiger partial charge in [-0.3, -0.25) is 0 Å². The van der Waals surface area contributed by atoms with Crippen LogP contribution < -0.4 is 15.2 Å². The maximum Gasteiger partial charge on any atom is 0.274 e. The van der Waals surface area contributed by atoms with Crippen molar-refractivity contribution in [3.05, 3.63) is 0 Å². The van der Waals surface area contributed by atoms with Crippen molar-refractivity contribution in [3.8, 4) is 0 Å². The Bertz CT molecular complexity index is 210. The number of nitrogens with two attached hydrogens (primary N) is 1. The molecule has 5 nitrogen and oxygen atoms in total. The van der Waals surface area contributed by atoms with Gasteiger partial charge in [-0.15, -0.1) is 0 Å². The van der Waals surface area contributed by atoms with Crippen LogP contribution in [-0.4, -0.2) is 27.5 Å². The third-order valence-electron chi connectivity index (χ3n) is 1.39. The van der Waals surface area contributed by atoms with Crippen molar-refractivity contribution in [3.63, 3.8) is 0 Å². The molecule has 0 aromatic rings. The van der Waals surface area contributed by atoms with Crippen molar-refractivity contribution in [1.29, 1.82) is 0 Å². The van der Waals surface area contributed by atoms with Crippen LogP contribution in [0.25, 0.3) is 0 Å². The van der Waals surface area contributed by atoms with Gasteiger partial charge in [0.15, 0.2) is 0 Å². The lowest BCUT2D eigenvalue weighted by Gasteiger charge is -2.23. The molecule has 0 radical (unpaired) electrons. The first kappa shape index (κ1) is 10.8. The molecule has 0 aromatic heterocycles. The molecule has 68 valence electrons. The molecule has 0 heterocycles. The van der Waals surface area contributed by atoms with Crippen LogP contribution in [0.5, 0.6) is 0 Å². The second-order valence-electron chi connectivity index (χ2n) is 3.00. The highest BCUT2D eigenvalue weighted by Crippen LogP contribution is 1.97. The van der Waals surface area contributed by atoms with Crippen molar-refractivity contribution >= 4 is 10.2 Å². The number of nitrogens with one attached hydrogen (secondary N) is 2. The lowest BCUT2D eigenvalue weighted by molar-refractivity contribution is 0.418. The first-order valence-electron chi connectivity index (χ1n) is 3.23. The molecule has 0 aliphatic heterocycles. The van der Waals surface area contributed by atoms with Crippen LogP contribution in [0.15, 0.2) is 0 Å². The van der Waals surface area contributed by atoms with E-state index in [4.69, 9.17) is 5.14 Å². The molecule has 0 bridgehead atoms. The van der Waals surface area contributed by atoms with E-state index in [9.17, 15) is 8.42 Å². The summed E-state index contributed by atoms with van der Waals surface area (Å²) in [6.45, 7) is 4.01. The summed E-state index contributed by atoms with van der Waals surface area (Å²) in [6.07, 6.45) is 0. The van der Waals surface area contributed by atoms with E-state index < -0.39 is 10.2 Å². The van der Waals surface area contributed by atoms with Gasteiger partial charge >= 0.3 is 0 Å². The highest BCUT2D eigenvalue weighted by atomic mass is 32.2. The molecule has 11 heavy (non-hydrogen) atoms. The molecular weight excluding hydrogens is 166 g/mol. The molecule has 0 saturated heterocycles. The van der Waals surface area contributed by atoms with Crippen LogP contribution in [0.2, 0.25) is 0 Å². The van der Waals surface area contributed by atoms with Crippen LogP contribution in [0.1, 0.15) is 13.8 Å². The van der Waals surface area contributed by atoms with Crippen molar-refractivity contribution in [2.75, 3.05) is 13.6 Å². The second-order valence-corrected chi connectivity index (χ2v) is 4.38. The van der Waals surface area contributed by atoms with Crippen LogP contribution in [0, 0.1) is 0 Å². The monoisotopic (exact) mass is 181 g/mol. The summed E-state index contributed by atoms with van der Waals surface area (Å²) in [4.78, 5) is 0. The molecule has 0 aromatic carbocycles. The van der Waals surface area contributed by atoms with Crippen molar-refractivity contribution < 1.29 is 8.42 Å². The molecule has 6 heteroatoms. The number of likely N-dealkylation sites (N-methyl/N-ethyl adjacent to an activating group) is 1. The number of hydrogen-bond donors (Lipinski definition) is 3. The number of hydrogen-bond acceptors (Lipinski definition) is 3. The van der Waals surface area contributed by atoms with Crippen molar-refractivity contribution in [2.45, 2.75) is 19.4 Å². The molecule has 0 spiro atoms. The lowest BCUT2D eigenvalue weighted by Crippen LogP contribution is -2.48. The average molecular weight is 181 g/mol. The van der Waals surface area contributed by atoms with Crippen molar-refractivity contribution in [2.24, 2.45) is 5.14 Å². The maximum absolute atomic E-state index is 10.4. The quantitative estimate of drug-likeness (QED) is 0.508. The molecule has 4 N–H and O–H groups in total. The van der Waals surface area contributed by atoms with E-state index in [1.165, 1.54) is 0 Å². The fourth-order valence-electron chi connectivity index (χ4n) is 0.369. The highest BCUT2D eigenvalue weighted by molar-refractivity contribution is 7.87. The van der Waals surface area contributed by atoms with Gasteiger partial charge in [0.05, 0.1) is 0 Å². The fraction of sp³-hybridized carbons (Fsp3) is 1.00. The largest absolute Gasteiger partial charge is 0.314 e. The Morgan fingerprint density at radius 3 is 2.18 bits per heavy atom. The molecule has 0 saturated carbocycles. The summed E-state index contributed by atoms with van der Waals surface area (Å²) < 4.78 is 23.1. The zero-order valence-electron chi connectivity index (χ0n) is 7.01. The van der Waals surface area contributed by atoms with E-state index in [-0.39, 0.29) is 12.1 Å². The SMILES string of the molecule is CNC(C)(C)CNS(N)(=O)=O. The van der Waals surface area contributed by atoms with Gasteiger partial charge in [0.2, 0.25) is 0 Å². The minimum absolute atomic E-state index is 0.271. The first-order valence-corrected chi connectivity index (χ1v) is 4.78. The molecule has 0 aliphatic carbocycles. The van der Waals surface area contributed by atoms with E-state index in [0.29, 0.717) is 0 Å². The van der Waals surface area contributed by atoms with E-state index in [1.807, 2.05) is 13.8 Å². The molecular formula is C5H15N3O2S. The predicted octanol–water partition coefficient (Wildman–Crippen LogP) is -1.22. The Labute approximate surface area is 67.5 Å². The first-order chi connectivity index (χ1) is 4.77. The molecule has 0 amide bonds. The van der Waals surface area contributed by atoms with E-state index >= 15 is 0 Å². The Morgan fingerprint density at radius 1 is 1.45 bits per heavy atom. The second kappa shape index (κ2) is 3.48. The number of rotatable bonds is 4. The summed E-state index contributed by atoms with van der Waals surface area (Å²) >= 11 is 0. The summed E-state index contributed by atoms with van der Waals surface area (Å²) in [6, 6.07) is 0. The van der Waals surface area contributed by atoms with E-state index in [2.05, 4.69) is 10.0 Å². The van der Waals surface area contributed by atoms with Crippen LogP contribution in [0.4, 0.5) is 0 Å². The third kappa shape index (κ3) is 6.24. The summed E-state index contributed by atoms with van der Waals surface area (Å²) in [5.41, 5.74) is -0.271. The molecule has 0 aliphatic rings. The summed E-state index contributed by atoms with van der Waals surface area (Å²) in [5.74, 6) is 0. The summed E-state index contributed by atoms with van der Waals surface area (Å²) in [7, 11) is -1.80. The average Bonchev–Trinajstić information content (AvgIpc) is 1.83. The third-order valence-corrected chi connectivity index (χ3v) is 1.94. The Morgan fingerprint density at radius 2 is 1.91 bits per heavy atom. The minimum atomic E-state index is -3.56. The van der Waals surface area contributed by atoms with Gasteiger partial charge in [0.25, 0.3) is 10.2 Å². The zero-order chi connectivity index (χ0) is 9.12. The van der Waals surface area contributed by atoms with Gasteiger partial charge in [0.1, 0.15) is 0 Å². The van der Waals surface area contributed by atoms with Crippen molar-refractivity contribution in [1.82, 2.24) is 10.0 Å². The van der Waals surface area contributed by atoms with Gasteiger partial charge in [-0.05, 0) is 20.9 Å². The smallest absolute Gasteiger partial charge is 0.274 e. The molecule has 0 fully saturated rings. The Hall–Kier alpha value is -0.170. The van der Waals surface area contributed by atoms with Gasteiger partial charge in [-0.2, -0.15) is 8.42 Å². The fourth-order valence-corrected chi connectivity index (χ4v) is 0.931. The van der Waals surface area contributed by atoms with E-state index in [1.54, 1.807) is 7.05 Å². The van der Waals surface area contributed by atoms with Gasteiger partial charge in [0, 0.05) is 12.1 Å². The van der Waals surface area contributed by atoms with Gasteiger partial charge in [-0.25, -0.2) is 9.86 Å². The van der Waals surface area contributed by atoms with E-state index in [0.717, 1.165) is 0 Å². The maximum atomic E-state index is 10.4. The van der Waals surface area contributed by atoms with Gasteiger partial charge < -0.3 is 5.32 Å². The molecule has 0 unspecified atom stereocenters. The molecule has 0 atom stereocenters. The minimum Gasteiger partial charge on any atom is -0.314 e. The predicted molar refractivity (Wildman–Crippen MR) is 44.2 cm³/mol. The van der Waals surface area contributed by atoms with Crippen LogP contribution in [-0.2, 0) is 10.2 Å². The molecule has 0 rings (SSSR count). The standard InChI is InChI=1S/C5H15N3O2S/c1-5(2,7-3)4-8-11(6,9)10/h7-8H,4H2,1-3H3,(H2,6,9,10). The highest BCUT2D eigenvalue weighted by Gasteiger charge is 2.16. The zero-order valence-corrected chi connectivity index (χ0v) is 7.83. The van der Waals surface area contributed by atoms with Gasteiger partial charge in [-0.1, -0.05) is 0 Å².